The molecule has 25 heavy (non-hydrogen) atoms. The first-order valence-corrected chi connectivity index (χ1v) is 8.08. The van der Waals surface area contributed by atoms with Crippen molar-refractivity contribution in [1.29, 1.82) is 0 Å². The van der Waals surface area contributed by atoms with Crippen molar-refractivity contribution in [3.63, 3.8) is 0 Å². The number of halogens is 3. The van der Waals surface area contributed by atoms with E-state index in [2.05, 4.69) is 5.10 Å². The monoisotopic (exact) mass is 370 g/mol. The van der Waals surface area contributed by atoms with Crippen LogP contribution in [-0.4, -0.2) is 35.0 Å². The van der Waals surface area contributed by atoms with E-state index in [1.54, 1.807) is 17.5 Å². The Hall–Kier alpha value is -2.55. The number of phenolic OH excluding ortho intramolecular Hbond substituents is 1. The topological polar surface area (TPSA) is 62.1 Å². The third kappa shape index (κ3) is 3.32. The van der Waals surface area contributed by atoms with Crippen LogP contribution in [0, 0.1) is 0 Å². The van der Waals surface area contributed by atoms with Crippen LogP contribution in [0.1, 0.15) is 22.9 Å². The number of thiophene rings is 1. The third-order valence-corrected chi connectivity index (χ3v) is 4.72. The molecule has 0 radical (unpaired) electrons. The highest BCUT2D eigenvalue weighted by atomic mass is 32.1. The average molecular weight is 370 g/mol. The maximum Gasteiger partial charge on any atom is 0.473 e. The van der Waals surface area contributed by atoms with E-state index >= 15 is 0 Å². The predicted molar refractivity (Wildman–Crippen MR) is 85.8 cm³/mol. The number of hydrogen-bond donors (Lipinski definition) is 1. The Morgan fingerprint density at radius 2 is 2.16 bits per heavy atom. The molecule has 0 fully saturated rings. The molecule has 1 aliphatic rings. The number of ether oxygens (including phenoxy) is 1. The number of nitrogens with zero attached hydrogens (tertiary/aromatic N) is 2. The van der Waals surface area contributed by atoms with Gasteiger partial charge in [0.15, 0.2) is 11.5 Å². The fourth-order valence-electron chi connectivity index (χ4n) is 2.56. The number of amides is 1. The van der Waals surface area contributed by atoms with Crippen molar-refractivity contribution in [2.24, 2.45) is 5.10 Å². The summed E-state index contributed by atoms with van der Waals surface area (Å²) < 4.78 is 43.7. The van der Waals surface area contributed by atoms with Gasteiger partial charge in [0.25, 0.3) is 0 Å². The number of carbonyl (C=O) groups is 1. The molecule has 2 aromatic rings. The van der Waals surface area contributed by atoms with Crippen molar-refractivity contribution in [1.82, 2.24) is 5.01 Å². The van der Waals surface area contributed by atoms with E-state index in [1.807, 2.05) is 0 Å². The van der Waals surface area contributed by atoms with E-state index in [4.69, 9.17) is 4.74 Å². The van der Waals surface area contributed by atoms with Crippen molar-refractivity contribution in [3.05, 3.63) is 46.2 Å². The highest BCUT2D eigenvalue weighted by Crippen LogP contribution is 2.38. The minimum absolute atomic E-state index is 0.0946. The second-order valence-electron chi connectivity index (χ2n) is 5.32. The summed E-state index contributed by atoms with van der Waals surface area (Å²) in [5.41, 5.74) is 0.794. The van der Waals surface area contributed by atoms with Gasteiger partial charge < -0.3 is 9.84 Å². The molecule has 0 bridgehead atoms. The molecule has 1 aromatic carbocycles. The van der Waals surface area contributed by atoms with Gasteiger partial charge in [0.2, 0.25) is 0 Å². The lowest BCUT2D eigenvalue weighted by Crippen LogP contribution is -2.37. The molecule has 1 aromatic heterocycles. The van der Waals surface area contributed by atoms with Gasteiger partial charge in [-0.25, -0.2) is 5.01 Å². The molecule has 1 atom stereocenters. The molecule has 3 rings (SSSR count). The molecule has 1 amide bonds. The molecule has 0 unspecified atom stereocenters. The predicted octanol–water partition coefficient (Wildman–Crippen LogP) is 3.70. The Balaban J connectivity index is 1.99. The summed E-state index contributed by atoms with van der Waals surface area (Å²) in [7, 11) is 1.36. The van der Waals surface area contributed by atoms with Crippen LogP contribution in [0.2, 0.25) is 0 Å². The number of aromatic hydroxyl groups is 1. The maximum atomic E-state index is 12.9. The molecule has 2 heterocycles. The molecule has 1 N–H and O–H groups in total. The summed E-state index contributed by atoms with van der Waals surface area (Å²) in [5.74, 6) is -1.93. The van der Waals surface area contributed by atoms with Crippen molar-refractivity contribution >= 4 is 23.0 Å². The minimum Gasteiger partial charge on any atom is -0.504 e. The molecule has 0 spiro atoms. The molecule has 5 nitrogen and oxygen atoms in total. The van der Waals surface area contributed by atoms with E-state index < -0.39 is 18.1 Å². The highest BCUT2D eigenvalue weighted by Gasteiger charge is 2.47. The molecule has 0 saturated heterocycles. The smallest absolute Gasteiger partial charge is 0.473 e. The molecule has 0 saturated carbocycles. The Bertz CT molecular complexity index is 819. The van der Waals surface area contributed by atoms with Crippen LogP contribution in [0.4, 0.5) is 13.2 Å². The molecule has 1 aliphatic heterocycles. The average Bonchev–Trinajstić information content (AvgIpc) is 3.22. The summed E-state index contributed by atoms with van der Waals surface area (Å²) in [6.45, 7) is 0. The molecular weight excluding hydrogens is 357 g/mol. The fraction of sp³-hybridized carbons (Fsp3) is 0.250. The van der Waals surface area contributed by atoms with E-state index in [-0.39, 0.29) is 17.9 Å². The standard InChI is InChI=1S/C16H13F3N2O3S/c1-24-13-7-9(4-5-12(13)22)10-8-11(14-3-2-6-25-14)21(20-10)15(23)16(17,18)19/h2-7,11,22H,8H2,1H3/t11-/m1/s1. The van der Waals surface area contributed by atoms with Crippen molar-refractivity contribution < 1.29 is 27.8 Å². The minimum atomic E-state index is -5.01. The van der Waals surface area contributed by atoms with E-state index in [0.29, 0.717) is 21.2 Å². The summed E-state index contributed by atoms with van der Waals surface area (Å²) in [5, 5.41) is 15.8. The third-order valence-electron chi connectivity index (χ3n) is 3.75. The molecule has 0 aliphatic carbocycles. The summed E-state index contributed by atoms with van der Waals surface area (Å²) in [4.78, 5) is 12.4. The van der Waals surface area contributed by atoms with Gasteiger partial charge in [-0.15, -0.1) is 11.3 Å². The van der Waals surface area contributed by atoms with Gasteiger partial charge in [0, 0.05) is 16.9 Å². The number of alkyl halides is 3. The van der Waals surface area contributed by atoms with E-state index in [9.17, 15) is 23.1 Å². The van der Waals surface area contributed by atoms with Crippen LogP contribution in [0.25, 0.3) is 0 Å². The van der Waals surface area contributed by atoms with Gasteiger partial charge >= 0.3 is 12.1 Å². The zero-order chi connectivity index (χ0) is 18.2. The first kappa shape index (κ1) is 17.3. The number of methoxy groups -OCH3 is 1. The van der Waals surface area contributed by atoms with Crippen LogP contribution < -0.4 is 4.74 Å². The fourth-order valence-corrected chi connectivity index (χ4v) is 3.37. The number of hydrogen-bond acceptors (Lipinski definition) is 5. The largest absolute Gasteiger partial charge is 0.504 e. The van der Waals surface area contributed by atoms with Crippen LogP contribution >= 0.6 is 11.3 Å². The van der Waals surface area contributed by atoms with Crippen molar-refractivity contribution in [3.8, 4) is 11.5 Å². The number of phenols is 1. The molecule has 132 valence electrons. The lowest BCUT2D eigenvalue weighted by atomic mass is 10.0. The van der Waals surface area contributed by atoms with Gasteiger partial charge in [-0.1, -0.05) is 6.07 Å². The Morgan fingerprint density at radius 3 is 2.76 bits per heavy atom. The van der Waals surface area contributed by atoms with Crippen LogP contribution in [0.5, 0.6) is 11.5 Å². The summed E-state index contributed by atoms with van der Waals surface area (Å²) in [6, 6.07) is 6.92. The van der Waals surface area contributed by atoms with Gasteiger partial charge in [-0.2, -0.15) is 18.3 Å². The summed E-state index contributed by atoms with van der Waals surface area (Å²) in [6.07, 6.45) is -4.88. The molecule has 9 heteroatoms. The number of benzene rings is 1. The van der Waals surface area contributed by atoms with Gasteiger partial charge in [-0.3, -0.25) is 4.79 Å². The second kappa shape index (κ2) is 6.40. The zero-order valence-electron chi connectivity index (χ0n) is 12.9. The lowest BCUT2D eigenvalue weighted by molar-refractivity contribution is -0.187. The maximum absolute atomic E-state index is 12.9. The number of hydrazone groups is 1. The van der Waals surface area contributed by atoms with Crippen molar-refractivity contribution in [2.45, 2.75) is 18.6 Å². The quantitative estimate of drug-likeness (QED) is 0.896. The first-order chi connectivity index (χ1) is 11.8. The first-order valence-electron chi connectivity index (χ1n) is 7.20. The van der Waals surface area contributed by atoms with Gasteiger partial charge in [0.1, 0.15) is 0 Å². The zero-order valence-corrected chi connectivity index (χ0v) is 13.8. The number of carbonyl (C=O) groups excluding carboxylic acids is 1. The highest BCUT2D eigenvalue weighted by molar-refractivity contribution is 7.10. The Morgan fingerprint density at radius 1 is 1.40 bits per heavy atom. The van der Waals surface area contributed by atoms with E-state index in [0.717, 1.165) is 0 Å². The Kier molecular flexibility index (Phi) is 4.42. The van der Waals surface area contributed by atoms with Crippen LogP contribution in [-0.2, 0) is 4.79 Å². The second-order valence-corrected chi connectivity index (χ2v) is 6.30. The van der Waals surface area contributed by atoms with Crippen LogP contribution in [0.3, 0.4) is 0 Å². The van der Waals surface area contributed by atoms with Crippen LogP contribution in [0.15, 0.2) is 40.8 Å². The van der Waals surface area contributed by atoms with Gasteiger partial charge in [-0.05, 0) is 29.6 Å². The van der Waals surface area contributed by atoms with Gasteiger partial charge in [0.05, 0.1) is 18.9 Å². The van der Waals surface area contributed by atoms with E-state index in [1.165, 1.54) is 36.6 Å². The normalized spacial score (nSPS) is 17.5. The van der Waals surface area contributed by atoms with Crippen molar-refractivity contribution in [2.75, 3.05) is 7.11 Å². The summed E-state index contributed by atoms with van der Waals surface area (Å²) >= 11 is 1.26. The number of rotatable bonds is 3. The lowest BCUT2D eigenvalue weighted by Gasteiger charge is -2.21. The SMILES string of the molecule is COc1cc(C2=NN(C(=O)C(F)(F)F)[C@@H](c3cccs3)C2)ccc1O. The Labute approximate surface area is 145 Å². The molecular formula is C16H13F3N2O3S.